The maximum absolute atomic E-state index is 11.3. The smallest absolute Gasteiger partial charge is 0.320 e. The predicted octanol–water partition coefficient (Wildman–Crippen LogP) is -0.604. The van der Waals surface area contributed by atoms with Crippen molar-refractivity contribution in [1.82, 2.24) is 10.3 Å². The van der Waals surface area contributed by atoms with Crippen molar-refractivity contribution < 1.29 is 14.7 Å². The van der Waals surface area contributed by atoms with Gasteiger partial charge in [-0.3, -0.25) is 14.6 Å². The number of aliphatic carboxylic acids is 1. The highest BCUT2D eigenvalue weighted by Gasteiger charge is 2.13. The highest BCUT2D eigenvalue weighted by Crippen LogP contribution is 2.04. The second kappa shape index (κ2) is 5.22. The predicted molar refractivity (Wildman–Crippen MR) is 56.9 cm³/mol. The number of aromatic nitrogens is 1. The van der Waals surface area contributed by atoms with Gasteiger partial charge in [0.25, 0.3) is 5.91 Å². The number of carbonyl (C=O) groups excluding carboxylic acids is 1. The van der Waals surface area contributed by atoms with Crippen LogP contribution in [0.3, 0.4) is 0 Å². The molecule has 0 saturated heterocycles. The van der Waals surface area contributed by atoms with Gasteiger partial charge in [0.15, 0.2) is 0 Å². The summed E-state index contributed by atoms with van der Waals surface area (Å²) in [6.45, 7) is 0. The van der Waals surface area contributed by atoms with Crippen LogP contribution in [0, 0.1) is 0 Å². The Hall–Kier alpha value is -1.95. The Labute approximate surface area is 92.5 Å². The van der Waals surface area contributed by atoms with E-state index >= 15 is 0 Å². The van der Waals surface area contributed by atoms with Crippen molar-refractivity contribution in [3.05, 3.63) is 29.6 Å². The zero-order valence-electron chi connectivity index (χ0n) is 8.80. The average molecular weight is 223 g/mol. The zero-order valence-corrected chi connectivity index (χ0v) is 8.80. The van der Waals surface area contributed by atoms with E-state index in [0.29, 0.717) is 5.56 Å². The summed E-state index contributed by atoms with van der Waals surface area (Å²) in [7, 11) is 1.50. The number of nitrogens with zero attached hydrogens (tertiary/aromatic N) is 1. The minimum atomic E-state index is -1.07. The van der Waals surface area contributed by atoms with Gasteiger partial charge in [-0.05, 0) is 24.1 Å². The molecule has 1 aromatic rings. The molecular weight excluding hydrogens is 210 g/mol. The van der Waals surface area contributed by atoms with E-state index in [9.17, 15) is 9.59 Å². The first kappa shape index (κ1) is 12.1. The molecule has 1 rings (SSSR count). The van der Waals surface area contributed by atoms with Gasteiger partial charge >= 0.3 is 5.97 Å². The second-order valence-electron chi connectivity index (χ2n) is 3.28. The van der Waals surface area contributed by atoms with E-state index in [2.05, 4.69) is 10.3 Å². The van der Waals surface area contributed by atoms with Crippen LogP contribution in [-0.2, 0) is 11.2 Å². The topological polar surface area (TPSA) is 105 Å². The number of nitrogens with two attached hydrogens (primary N) is 1. The summed E-state index contributed by atoms with van der Waals surface area (Å²) >= 11 is 0. The Balaban J connectivity index is 2.82. The number of carbonyl (C=O) groups is 2. The first-order chi connectivity index (χ1) is 7.54. The summed E-state index contributed by atoms with van der Waals surface area (Å²) in [6, 6.07) is 2.19. The molecule has 0 radical (unpaired) electrons. The highest BCUT2D eigenvalue weighted by molar-refractivity contribution is 5.92. The summed E-state index contributed by atoms with van der Waals surface area (Å²) < 4.78 is 0. The van der Waals surface area contributed by atoms with Crippen LogP contribution in [0.2, 0.25) is 0 Å². The van der Waals surface area contributed by atoms with Crippen LogP contribution in [0.25, 0.3) is 0 Å². The third kappa shape index (κ3) is 3.03. The maximum Gasteiger partial charge on any atom is 0.320 e. The van der Waals surface area contributed by atoms with Crippen molar-refractivity contribution in [2.75, 3.05) is 7.05 Å². The largest absolute Gasteiger partial charge is 0.480 e. The van der Waals surface area contributed by atoms with Crippen LogP contribution in [-0.4, -0.2) is 35.1 Å². The van der Waals surface area contributed by atoms with Crippen LogP contribution in [0.5, 0.6) is 0 Å². The maximum atomic E-state index is 11.3. The number of amides is 1. The normalized spacial score (nSPS) is 11.9. The van der Waals surface area contributed by atoms with Gasteiger partial charge in [-0.15, -0.1) is 0 Å². The minimum absolute atomic E-state index is 0.168. The molecule has 1 atom stereocenters. The van der Waals surface area contributed by atoms with Crippen molar-refractivity contribution >= 4 is 11.9 Å². The van der Waals surface area contributed by atoms with Gasteiger partial charge < -0.3 is 16.2 Å². The molecule has 0 bridgehead atoms. The fourth-order valence-corrected chi connectivity index (χ4v) is 1.19. The number of pyridine rings is 1. The first-order valence-electron chi connectivity index (χ1n) is 4.70. The molecule has 0 spiro atoms. The van der Waals surface area contributed by atoms with Crippen LogP contribution in [0.1, 0.15) is 16.1 Å². The van der Waals surface area contributed by atoms with Gasteiger partial charge in [0, 0.05) is 13.2 Å². The molecule has 1 amide bonds. The zero-order chi connectivity index (χ0) is 12.1. The van der Waals surface area contributed by atoms with Crippen molar-refractivity contribution in [2.24, 2.45) is 5.73 Å². The van der Waals surface area contributed by atoms with E-state index in [0.717, 1.165) is 0 Å². The number of carboxylic acids is 1. The van der Waals surface area contributed by atoms with E-state index in [1.807, 2.05) is 0 Å². The molecule has 0 aliphatic heterocycles. The summed E-state index contributed by atoms with van der Waals surface area (Å²) in [5.74, 6) is -1.39. The molecule has 0 aliphatic carbocycles. The molecular formula is C10H13N3O3. The van der Waals surface area contributed by atoms with Crippen molar-refractivity contribution in [3.63, 3.8) is 0 Å². The quantitative estimate of drug-likeness (QED) is 0.631. The molecule has 0 aromatic carbocycles. The lowest BCUT2D eigenvalue weighted by molar-refractivity contribution is -0.138. The van der Waals surface area contributed by atoms with Crippen LogP contribution >= 0.6 is 0 Å². The first-order valence-corrected chi connectivity index (χ1v) is 4.70. The Morgan fingerprint density at radius 2 is 2.31 bits per heavy atom. The van der Waals surface area contributed by atoms with Crippen LogP contribution < -0.4 is 11.1 Å². The van der Waals surface area contributed by atoms with Crippen molar-refractivity contribution in [1.29, 1.82) is 0 Å². The van der Waals surface area contributed by atoms with Gasteiger partial charge in [-0.25, -0.2) is 0 Å². The molecule has 1 heterocycles. The molecule has 4 N–H and O–H groups in total. The fourth-order valence-electron chi connectivity index (χ4n) is 1.19. The van der Waals surface area contributed by atoms with Gasteiger partial charge in [-0.1, -0.05) is 0 Å². The van der Waals surface area contributed by atoms with Crippen LogP contribution in [0.4, 0.5) is 0 Å². The Morgan fingerprint density at radius 1 is 1.62 bits per heavy atom. The average Bonchev–Trinajstić information content (AvgIpc) is 2.28. The Kier molecular flexibility index (Phi) is 3.96. The lowest BCUT2D eigenvalue weighted by atomic mass is 10.1. The SMILES string of the molecule is CNC(=O)c1cc(CC(N)C(=O)O)ccn1. The monoisotopic (exact) mass is 223 g/mol. The molecule has 0 fully saturated rings. The lowest BCUT2D eigenvalue weighted by Crippen LogP contribution is -2.32. The number of rotatable bonds is 4. The van der Waals surface area contributed by atoms with Crippen molar-refractivity contribution in [2.45, 2.75) is 12.5 Å². The third-order valence-corrected chi connectivity index (χ3v) is 2.06. The van der Waals surface area contributed by atoms with E-state index in [1.165, 1.54) is 19.3 Å². The minimum Gasteiger partial charge on any atom is -0.480 e. The lowest BCUT2D eigenvalue weighted by Gasteiger charge is -2.07. The van der Waals surface area contributed by atoms with Gasteiger partial charge in [-0.2, -0.15) is 0 Å². The second-order valence-corrected chi connectivity index (χ2v) is 3.28. The molecule has 6 heteroatoms. The molecule has 16 heavy (non-hydrogen) atoms. The summed E-state index contributed by atoms with van der Waals surface area (Å²) in [6.07, 6.45) is 1.62. The molecule has 1 aromatic heterocycles. The number of hydrogen-bond acceptors (Lipinski definition) is 4. The number of nitrogens with one attached hydrogen (secondary N) is 1. The Bertz CT molecular complexity index is 406. The van der Waals surface area contributed by atoms with E-state index in [-0.39, 0.29) is 18.0 Å². The number of carboxylic acid groups (broad SMARTS) is 1. The molecule has 6 nitrogen and oxygen atoms in total. The molecule has 86 valence electrons. The van der Waals surface area contributed by atoms with Gasteiger partial charge in [0.1, 0.15) is 11.7 Å². The molecule has 0 aliphatic rings. The van der Waals surface area contributed by atoms with E-state index in [4.69, 9.17) is 10.8 Å². The van der Waals surface area contributed by atoms with Crippen molar-refractivity contribution in [3.8, 4) is 0 Å². The molecule has 1 unspecified atom stereocenters. The van der Waals surface area contributed by atoms with Crippen LogP contribution in [0.15, 0.2) is 18.3 Å². The van der Waals surface area contributed by atoms with E-state index in [1.54, 1.807) is 6.07 Å². The van der Waals surface area contributed by atoms with Gasteiger partial charge in [0.2, 0.25) is 0 Å². The molecule has 0 saturated carbocycles. The van der Waals surface area contributed by atoms with Gasteiger partial charge in [0.05, 0.1) is 0 Å². The fraction of sp³-hybridized carbons (Fsp3) is 0.300. The number of hydrogen-bond donors (Lipinski definition) is 3. The summed E-state index contributed by atoms with van der Waals surface area (Å²) in [4.78, 5) is 25.7. The van der Waals surface area contributed by atoms with E-state index < -0.39 is 12.0 Å². The third-order valence-electron chi connectivity index (χ3n) is 2.06. The Morgan fingerprint density at radius 3 is 2.88 bits per heavy atom. The summed E-state index contributed by atoms with van der Waals surface area (Å²) in [5.41, 5.74) is 6.30. The highest BCUT2D eigenvalue weighted by atomic mass is 16.4. The summed E-state index contributed by atoms with van der Waals surface area (Å²) in [5, 5.41) is 11.1. The standard InChI is InChI=1S/C10H13N3O3/c1-12-9(14)8-5-6(2-3-13-8)4-7(11)10(15)16/h2-3,5,7H,4,11H2,1H3,(H,12,14)(H,15,16).